The number of hydrogen-bond acceptors (Lipinski definition) is 3. The summed E-state index contributed by atoms with van der Waals surface area (Å²) in [6.45, 7) is 13.9. The summed E-state index contributed by atoms with van der Waals surface area (Å²) in [7, 11) is 2.18. The first-order chi connectivity index (χ1) is 8.81. The third-order valence-corrected chi connectivity index (χ3v) is 3.38. The number of rotatable bonds is 7. The molecule has 3 heteroatoms. The topological polar surface area (TPSA) is 28.4 Å². The van der Waals surface area contributed by atoms with Crippen LogP contribution in [0.1, 0.15) is 52.4 Å². The van der Waals surface area contributed by atoms with Crippen LogP contribution in [0.4, 0.5) is 0 Å². The van der Waals surface area contributed by atoms with Crippen LogP contribution < -0.4 is 5.32 Å². The Labute approximate surface area is 118 Å². The van der Waals surface area contributed by atoms with E-state index in [1.807, 2.05) is 0 Å². The molecule has 0 aliphatic rings. The first-order valence-electron chi connectivity index (χ1n) is 7.30. The molecule has 0 aliphatic heterocycles. The highest BCUT2D eigenvalue weighted by Gasteiger charge is 2.14. The summed E-state index contributed by atoms with van der Waals surface area (Å²) in [5.41, 5.74) is 1.41. The van der Waals surface area contributed by atoms with E-state index in [4.69, 9.17) is 4.42 Å². The predicted molar refractivity (Wildman–Crippen MR) is 81.1 cm³/mol. The zero-order valence-electron chi connectivity index (χ0n) is 13.4. The highest BCUT2D eigenvalue weighted by Crippen LogP contribution is 2.15. The molecule has 0 radical (unpaired) electrons. The summed E-state index contributed by atoms with van der Waals surface area (Å²) in [6, 6.07) is 2.09. The standard InChI is InChI=1S/C16H30N2O/c1-7-13(2)11-18(6)12-14-8-9-19-15(14)10-17-16(3,4)5/h8-9,13,17H,7,10-12H2,1-6H3. The minimum atomic E-state index is 0.118. The van der Waals surface area contributed by atoms with Gasteiger partial charge in [-0.15, -0.1) is 0 Å². The predicted octanol–water partition coefficient (Wildman–Crippen LogP) is 3.65. The molecule has 0 spiro atoms. The average Bonchev–Trinajstić information content (AvgIpc) is 2.72. The molecule has 1 unspecified atom stereocenters. The molecule has 19 heavy (non-hydrogen) atoms. The Morgan fingerprint density at radius 1 is 1.37 bits per heavy atom. The molecular weight excluding hydrogens is 236 g/mol. The summed E-state index contributed by atoms with van der Waals surface area (Å²) in [4.78, 5) is 2.37. The Bertz CT molecular complexity index is 365. The van der Waals surface area contributed by atoms with Crippen LogP contribution in [0.25, 0.3) is 0 Å². The first-order valence-corrected chi connectivity index (χ1v) is 7.30. The van der Waals surface area contributed by atoms with Gasteiger partial charge < -0.3 is 14.6 Å². The number of nitrogens with zero attached hydrogens (tertiary/aromatic N) is 1. The van der Waals surface area contributed by atoms with Crippen LogP contribution in [0.3, 0.4) is 0 Å². The summed E-state index contributed by atoms with van der Waals surface area (Å²) in [5, 5.41) is 3.48. The van der Waals surface area contributed by atoms with Gasteiger partial charge in [0.05, 0.1) is 12.8 Å². The van der Waals surface area contributed by atoms with E-state index < -0.39 is 0 Å². The molecule has 1 atom stereocenters. The van der Waals surface area contributed by atoms with Gasteiger partial charge in [0, 0.05) is 24.2 Å². The second-order valence-corrected chi connectivity index (χ2v) is 6.68. The molecule has 0 aliphatic carbocycles. The molecule has 0 saturated carbocycles. The minimum absolute atomic E-state index is 0.118. The van der Waals surface area contributed by atoms with E-state index in [1.54, 1.807) is 6.26 Å². The van der Waals surface area contributed by atoms with E-state index in [0.29, 0.717) is 0 Å². The Morgan fingerprint density at radius 2 is 2.05 bits per heavy atom. The molecule has 1 heterocycles. The van der Waals surface area contributed by atoms with Gasteiger partial charge in [0.15, 0.2) is 0 Å². The van der Waals surface area contributed by atoms with Crippen LogP contribution in [-0.2, 0) is 13.1 Å². The summed E-state index contributed by atoms with van der Waals surface area (Å²) in [5.74, 6) is 1.80. The Morgan fingerprint density at radius 3 is 2.63 bits per heavy atom. The van der Waals surface area contributed by atoms with Crippen molar-refractivity contribution in [1.29, 1.82) is 0 Å². The van der Waals surface area contributed by atoms with E-state index in [0.717, 1.165) is 31.3 Å². The highest BCUT2D eigenvalue weighted by molar-refractivity contribution is 5.17. The maximum atomic E-state index is 5.60. The van der Waals surface area contributed by atoms with Gasteiger partial charge in [-0.1, -0.05) is 20.3 Å². The van der Waals surface area contributed by atoms with Crippen molar-refractivity contribution in [3.05, 3.63) is 23.7 Å². The lowest BCUT2D eigenvalue weighted by atomic mass is 10.1. The molecule has 3 nitrogen and oxygen atoms in total. The zero-order chi connectivity index (χ0) is 14.5. The monoisotopic (exact) mass is 266 g/mol. The van der Waals surface area contributed by atoms with Crippen molar-refractivity contribution in [1.82, 2.24) is 10.2 Å². The molecule has 1 aromatic heterocycles. The van der Waals surface area contributed by atoms with Crippen molar-refractivity contribution in [2.45, 2.75) is 59.7 Å². The van der Waals surface area contributed by atoms with Crippen LogP contribution in [0, 0.1) is 5.92 Å². The maximum Gasteiger partial charge on any atom is 0.122 e. The van der Waals surface area contributed by atoms with Crippen molar-refractivity contribution in [2.75, 3.05) is 13.6 Å². The van der Waals surface area contributed by atoms with E-state index >= 15 is 0 Å². The lowest BCUT2D eigenvalue weighted by Crippen LogP contribution is -2.35. The smallest absolute Gasteiger partial charge is 0.122 e. The lowest BCUT2D eigenvalue weighted by molar-refractivity contribution is 0.272. The molecule has 0 fully saturated rings. The summed E-state index contributed by atoms with van der Waals surface area (Å²) in [6.07, 6.45) is 3.03. The van der Waals surface area contributed by atoms with Crippen LogP contribution in [0.2, 0.25) is 0 Å². The fraction of sp³-hybridized carbons (Fsp3) is 0.750. The normalized spacial score (nSPS) is 14.1. The molecule has 1 N–H and O–H groups in total. The third kappa shape index (κ3) is 6.26. The van der Waals surface area contributed by atoms with Gasteiger partial charge in [0.2, 0.25) is 0 Å². The molecule has 0 bridgehead atoms. The second-order valence-electron chi connectivity index (χ2n) is 6.68. The Kier molecular flexibility index (Phi) is 6.08. The van der Waals surface area contributed by atoms with Crippen molar-refractivity contribution >= 4 is 0 Å². The summed E-state index contributed by atoms with van der Waals surface area (Å²) >= 11 is 0. The summed E-state index contributed by atoms with van der Waals surface area (Å²) < 4.78 is 5.60. The van der Waals surface area contributed by atoms with E-state index in [2.05, 4.69) is 57.9 Å². The lowest BCUT2D eigenvalue weighted by Gasteiger charge is -2.22. The molecule has 0 aromatic carbocycles. The Balaban J connectivity index is 2.52. The number of hydrogen-bond donors (Lipinski definition) is 1. The van der Waals surface area contributed by atoms with Crippen molar-refractivity contribution in [3.8, 4) is 0 Å². The zero-order valence-corrected chi connectivity index (χ0v) is 13.4. The largest absolute Gasteiger partial charge is 0.468 e. The molecule has 110 valence electrons. The van der Waals surface area contributed by atoms with Gasteiger partial charge in [0.1, 0.15) is 5.76 Å². The van der Waals surface area contributed by atoms with Gasteiger partial charge in [-0.05, 0) is 39.8 Å². The van der Waals surface area contributed by atoms with E-state index in [-0.39, 0.29) is 5.54 Å². The van der Waals surface area contributed by atoms with Crippen LogP contribution in [-0.4, -0.2) is 24.0 Å². The molecule has 1 rings (SSSR count). The van der Waals surface area contributed by atoms with E-state index in [1.165, 1.54) is 12.0 Å². The fourth-order valence-electron chi connectivity index (χ4n) is 2.02. The van der Waals surface area contributed by atoms with Gasteiger partial charge in [-0.3, -0.25) is 0 Å². The van der Waals surface area contributed by atoms with Crippen LogP contribution in [0.15, 0.2) is 16.7 Å². The van der Waals surface area contributed by atoms with Crippen LogP contribution in [0.5, 0.6) is 0 Å². The van der Waals surface area contributed by atoms with Crippen LogP contribution >= 0.6 is 0 Å². The molecule has 0 amide bonds. The van der Waals surface area contributed by atoms with Gasteiger partial charge in [0.25, 0.3) is 0 Å². The highest BCUT2D eigenvalue weighted by atomic mass is 16.3. The van der Waals surface area contributed by atoms with Gasteiger partial charge in [-0.25, -0.2) is 0 Å². The third-order valence-electron chi connectivity index (χ3n) is 3.38. The van der Waals surface area contributed by atoms with E-state index in [9.17, 15) is 0 Å². The maximum absolute atomic E-state index is 5.60. The van der Waals surface area contributed by atoms with Gasteiger partial charge in [-0.2, -0.15) is 0 Å². The minimum Gasteiger partial charge on any atom is -0.468 e. The SMILES string of the molecule is CCC(C)CN(C)Cc1ccoc1CNC(C)(C)C. The van der Waals surface area contributed by atoms with Crippen molar-refractivity contribution < 1.29 is 4.42 Å². The van der Waals surface area contributed by atoms with Crippen molar-refractivity contribution in [2.24, 2.45) is 5.92 Å². The quantitative estimate of drug-likeness (QED) is 0.816. The average molecular weight is 266 g/mol. The second kappa shape index (κ2) is 7.11. The Hall–Kier alpha value is -0.800. The molecular formula is C16H30N2O. The molecule has 1 aromatic rings. The number of furan rings is 1. The first kappa shape index (κ1) is 16.3. The van der Waals surface area contributed by atoms with Crippen molar-refractivity contribution in [3.63, 3.8) is 0 Å². The van der Waals surface area contributed by atoms with Gasteiger partial charge >= 0.3 is 0 Å². The molecule has 0 saturated heterocycles. The number of nitrogens with one attached hydrogen (secondary N) is 1. The fourth-order valence-corrected chi connectivity index (χ4v) is 2.02.